The predicted octanol–water partition coefficient (Wildman–Crippen LogP) is 3.73. The van der Waals surface area contributed by atoms with Crippen LogP contribution in [-0.4, -0.2) is 44.5 Å². The minimum absolute atomic E-state index is 0.309. The summed E-state index contributed by atoms with van der Waals surface area (Å²) in [5.74, 6) is -2.50. The van der Waals surface area contributed by atoms with E-state index in [1.54, 1.807) is 0 Å². The Labute approximate surface area is 181 Å². The average molecular weight is 443 g/mol. The Kier molecular flexibility index (Phi) is 5.50. The van der Waals surface area contributed by atoms with Gasteiger partial charge in [0, 0.05) is 12.5 Å². The maximum absolute atomic E-state index is 13.6. The molecule has 166 valence electrons. The van der Waals surface area contributed by atoms with Gasteiger partial charge in [-0.05, 0) is 18.1 Å². The predicted molar refractivity (Wildman–Crippen MR) is 110 cm³/mol. The van der Waals surface area contributed by atoms with E-state index in [2.05, 4.69) is 5.10 Å². The van der Waals surface area contributed by atoms with Gasteiger partial charge in [0.05, 0.1) is 12.2 Å². The Bertz CT molecular complexity index is 1140. The second-order valence-electron chi connectivity index (χ2n) is 7.69. The van der Waals surface area contributed by atoms with Crippen molar-refractivity contribution in [3.05, 3.63) is 93.9 Å². The van der Waals surface area contributed by atoms with E-state index in [0.29, 0.717) is 4.90 Å². The molecule has 0 saturated heterocycles. The van der Waals surface area contributed by atoms with Gasteiger partial charge in [-0.3, -0.25) is 14.3 Å². The Morgan fingerprint density at radius 2 is 1.53 bits per heavy atom. The fraction of sp³-hybridized carbons (Fsp3) is 0.261. The molecule has 4 rings (SSSR count). The zero-order chi connectivity index (χ0) is 23.0. The molecule has 0 bridgehead atoms. The quantitative estimate of drug-likeness (QED) is 0.667. The summed E-state index contributed by atoms with van der Waals surface area (Å²) in [6, 6.07) is 15.3. The lowest BCUT2D eigenvalue weighted by Gasteiger charge is -2.41. The first kappa shape index (κ1) is 21.6. The summed E-state index contributed by atoms with van der Waals surface area (Å²) in [7, 11) is 0. The van der Waals surface area contributed by atoms with Crippen molar-refractivity contribution >= 4 is 5.91 Å². The first-order chi connectivity index (χ1) is 15.2. The smallest absolute Gasteiger partial charge is 0.408 e. The Morgan fingerprint density at radius 3 is 2.03 bits per heavy atom. The molecule has 9 heteroatoms. The maximum Gasteiger partial charge on any atom is 0.408 e. The molecular weight excluding hydrogens is 423 g/mol. The number of carbonyl (C=O) groups excluding carboxylic acids is 1. The number of amides is 1. The molecule has 2 heterocycles. The molecule has 2 atom stereocenters. The summed E-state index contributed by atoms with van der Waals surface area (Å²) < 4.78 is 42.0. The third kappa shape index (κ3) is 3.74. The van der Waals surface area contributed by atoms with Gasteiger partial charge in [0.25, 0.3) is 5.91 Å². The number of hydrogen-bond donors (Lipinski definition) is 1. The van der Waals surface area contributed by atoms with Crippen LogP contribution < -0.4 is 5.43 Å². The molecule has 1 amide bonds. The molecule has 0 aliphatic carbocycles. The van der Waals surface area contributed by atoms with Gasteiger partial charge in [-0.15, -0.1) is 0 Å². The van der Waals surface area contributed by atoms with E-state index in [1.807, 2.05) is 60.7 Å². The van der Waals surface area contributed by atoms with Gasteiger partial charge in [0.15, 0.2) is 11.4 Å². The van der Waals surface area contributed by atoms with Gasteiger partial charge in [-0.1, -0.05) is 60.7 Å². The number of alkyl halides is 3. The standard InChI is InChI=1S/C23H20F3N3O3/c1-14(23(24,25)26)28-13-17(29-20(22(28)32)21(31)18(30)12-27-29)19(15-8-4-2-5-9-15)16-10-6-3-7-11-16/h2-12,14,17,19,31H,13H2,1H3/t14-,17+/m1/s1. The second kappa shape index (κ2) is 8.14. The van der Waals surface area contributed by atoms with E-state index >= 15 is 0 Å². The van der Waals surface area contributed by atoms with Crippen LogP contribution in [0.15, 0.2) is 71.7 Å². The zero-order valence-corrected chi connectivity index (χ0v) is 17.0. The van der Waals surface area contributed by atoms with Crippen LogP contribution in [0, 0.1) is 0 Å². The number of aromatic hydroxyl groups is 1. The van der Waals surface area contributed by atoms with Crippen LogP contribution in [0.3, 0.4) is 0 Å². The van der Waals surface area contributed by atoms with Crippen molar-refractivity contribution in [1.29, 1.82) is 0 Å². The van der Waals surface area contributed by atoms with Gasteiger partial charge < -0.3 is 10.0 Å². The molecule has 6 nitrogen and oxygen atoms in total. The average Bonchev–Trinajstić information content (AvgIpc) is 2.78. The number of benzene rings is 2. The van der Waals surface area contributed by atoms with Crippen molar-refractivity contribution < 1.29 is 23.1 Å². The van der Waals surface area contributed by atoms with Gasteiger partial charge in [-0.2, -0.15) is 18.3 Å². The second-order valence-corrected chi connectivity index (χ2v) is 7.69. The fourth-order valence-corrected chi connectivity index (χ4v) is 4.12. The summed E-state index contributed by atoms with van der Waals surface area (Å²) >= 11 is 0. The number of carbonyl (C=O) groups is 1. The number of halogens is 3. The molecule has 0 radical (unpaired) electrons. The molecule has 0 spiro atoms. The number of nitrogens with zero attached hydrogens (tertiary/aromatic N) is 3. The molecule has 32 heavy (non-hydrogen) atoms. The van der Waals surface area contributed by atoms with E-state index in [4.69, 9.17) is 0 Å². The molecule has 0 unspecified atom stereocenters. The van der Waals surface area contributed by atoms with Crippen molar-refractivity contribution in [1.82, 2.24) is 14.7 Å². The molecule has 0 fully saturated rings. The SMILES string of the molecule is C[C@@H](N1C[C@@H](C(c2ccccc2)c2ccccc2)n2ncc(=O)c(O)c2C1=O)C(F)(F)F. The highest BCUT2D eigenvalue weighted by Crippen LogP contribution is 2.41. The van der Waals surface area contributed by atoms with Gasteiger partial charge in [0.2, 0.25) is 5.43 Å². The maximum atomic E-state index is 13.6. The molecule has 1 aromatic heterocycles. The van der Waals surface area contributed by atoms with Crippen LogP contribution in [0.5, 0.6) is 5.75 Å². The van der Waals surface area contributed by atoms with Crippen molar-refractivity contribution in [2.75, 3.05) is 6.54 Å². The first-order valence-corrected chi connectivity index (χ1v) is 9.98. The summed E-state index contributed by atoms with van der Waals surface area (Å²) in [6.45, 7) is 0.576. The van der Waals surface area contributed by atoms with Gasteiger partial charge >= 0.3 is 6.18 Å². The van der Waals surface area contributed by atoms with Crippen molar-refractivity contribution in [2.24, 2.45) is 0 Å². The van der Waals surface area contributed by atoms with Crippen LogP contribution in [0.4, 0.5) is 13.2 Å². The highest BCUT2D eigenvalue weighted by atomic mass is 19.4. The summed E-state index contributed by atoms with van der Waals surface area (Å²) in [6.07, 6.45) is -3.81. The van der Waals surface area contributed by atoms with E-state index in [1.165, 1.54) is 4.68 Å². The lowest BCUT2D eigenvalue weighted by molar-refractivity contribution is -0.174. The fourth-order valence-electron chi connectivity index (χ4n) is 4.12. The van der Waals surface area contributed by atoms with Crippen molar-refractivity contribution in [3.63, 3.8) is 0 Å². The van der Waals surface area contributed by atoms with E-state index in [9.17, 15) is 27.9 Å². The topological polar surface area (TPSA) is 75.4 Å². The van der Waals surface area contributed by atoms with E-state index in [0.717, 1.165) is 24.2 Å². The molecule has 1 N–H and O–H groups in total. The Balaban J connectivity index is 1.95. The monoisotopic (exact) mass is 443 g/mol. The third-order valence-electron chi connectivity index (χ3n) is 5.79. The molecule has 1 aliphatic rings. The highest BCUT2D eigenvalue weighted by Gasteiger charge is 2.48. The molecule has 3 aromatic rings. The van der Waals surface area contributed by atoms with E-state index < -0.39 is 47.0 Å². The molecular formula is C23H20F3N3O3. The zero-order valence-electron chi connectivity index (χ0n) is 17.0. The van der Waals surface area contributed by atoms with Crippen LogP contribution in [0.2, 0.25) is 0 Å². The Morgan fingerprint density at radius 1 is 1.00 bits per heavy atom. The van der Waals surface area contributed by atoms with Crippen LogP contribution in [-0.2, 0) is 0 Å². The van der Waals surface area contributed by atoms with Crippen molar-refractivity contribution in [3.8, 4) is 5.75 Å². The van der Waals surface area contributed by atoms with Crippen LogP contribution in [0.1, 0.15) is 40.5 Å². The highest BCUT2D eigenvalue weighted by molar-refractivity contribution is 5.96. The largest absolute Gasteiger partial charge is 0.502 e. The third-order valence-corrected chi connectivity index (χ3v) is 5.79. The minimum Gasteiger partial charge on any atom is -0.502 e. The van der Waals surface area contributed by atoms with Crippen LogP contribution >= 0.6 is 0 Å². The number of fused-ring (bicyclic) bond motifs is 1. The lowest BCUT2D eigenvalue weighted by Crippen LogP contribution is -2.54. The normalized spacial score (nSPS) is 17.3. The summed E-state index contributed by atoms with van der Waals surface area (Å²) in [5.41, 5.74) is 0.120. The number of aromatic nitrogens is 2. The van der Waals surface area contributed by atoms with Gasteiger partial charge in [0.1, 0.15) is 6.04 Å². The first-order valence-electron chi connectivity index (χ1n) is 9.98. The lowest BCUT2D eigenvalue weighted by atomic mass is 9.83. The number of rotatable bonds is 4. The summed E-state index contributed by atoms with van der Waals surface area (Å²) in [5, 5.41) is 14.4. The molecule has 0 saturated carbocycles. The van der Waals surface area contributed by atoms with Crippen LogP contribution in [0.25, 0.3) is 0 Å². The molecule has 2 aromatic carbocycles. The Hall–Kier alpha value is -3.62. The van der Waals surface area contributed by atoms with Gasteiger partial charge in [-0.25, -0.2) is 0 Å². The van der Waals surface area contributed by atoms with E-state index in [-0.39, 0.29) is 6.54 Å². The molecule has 1 aliphatic heterocycles. The number of hydrogen-bond acceptors (Lipinski definition) is 4. The van der Waals surface area contributed by atoms with Crippen molar-refractivity contribution in [2.45, 2.75) is 31.1 Å². The summed E-state index contributed by atoms with van der Waals surface area (Å²) in [4.78, 5) is 25.6. The minimum atomic E-state index is -4.69.